The van der Waals surface area contributed by atoms with Crippen molar-refractivity contribution in [2.75, 3.05) is 11.9 Å². The molecule has 0 saturated carbocycles. The van der Waals surface area contributed by atoms with Gasteiger partial charge in [-0.2, -0.15) is 15.6 Å². The van der Waals surface area contributed by atoms with Crippen molar-refractivity contribution in [1.82, 2.24) is 24.9 Å². The van der Waals surface area contributed by atoms with Crippen LogP contribution in [0.25, 0.3) is 27.8 Å². The largest absolute Gasteiger partial charge is 0.387 e. The van der Waals surface area contributed by atoms with Gasteiger partial charge in [0.05, 0.1) is 57.6 Å². The van der Waals surface area contributed by atoms with Crippen LogP contribution in [0, 0.1) is 22.7 Å². The number of alkyl halides is 1. The number of benzene rings is 1. The minimum absolute atomic E-state index is 0.159. The molecule has 1 unspecified atom stereocenters. The Morgan fingerprint density at radius 1 is 1.18 bits per heavy atom. The summed E-state index contributed by atoms with van der Waals surface area (Å²) in [6, 6.07) is 16.6. The summed E-state index contributed by atoms with van der Waals surface area (Å²) in [4.78, 5) is 20.6. The normalized spacial score (nSPS) is 12.2. The Bertz CT molecular complexity index is 1800. The molecule has 5 rings (SSSR count). The first kappa shape index (κ1) is 25.4. The van der Waals surface area contributed by atoms with Crippen LogP contribution < -0.4 is 10.6 Å². The lowest BCUT2D eigenvalue weighted by atomic mass is 10.0. The van der Waals surface area contributed by atoms with Gasteiger partial charge in [-0.15, -0.1) is 0 Å². The van der Waals surface area contributed by atoms with Crippen LogP contribution >= 0.6 is 0 Å². The molecule has 39 heavy (non-hydrogen) atoms. The molecule has 0 saturated heterocycles. The lowest BCUT2D eigenvalue weighted by molar-refractivity contribution is -0.00177. The number of carbonyl (C=O) groups is 1. The fraction of sp³-hybridized carbons (Fsp3) is 0.179. The fourth-order valence-corrected chi connectivity index (χ4v) is 4.11. The summed E-state index contributed by atoms with van der Waals surface area (Å²) in [6.07, 6.45) is 2.78. The molecule has 1 atom stereocenters. The summed E-state index contributed by atoms with van der Waals surface area (Å²) in [5, 5.41) is 39.2. The summed E-state index contributed by atoms with van der Waals surface area (Å²) in [5.74, 6) is -0.576. The Morgan fingerprint density at radius 3 is 2.74 bits per heavy atom. The third-order valence-corrected chi connectivity index (χ3v) is 6.33. The van der Waals surface area contributed by atoms with Crippen LogP contribution in [-0.4, -0.2) is 48.9 Å². The molecule has 4 N–H and O–H groups in total. The Balaban J connectivity index is 1.53. The first-order valence-corrected chi connectivity index (χ1v) is 12.0. The predicted octanol–water partition coefficient (Wildman–Crippen LogP) is 4.20. The van der Waals surface area contributed by atoms with Gasteiger partial charge in [-0.3, -0.25) is 9.78 Å². The van der Waals surface area contributed by atoms with E-state index in [-0.39, 0.29) is 12.1 Å². The molecule has 0 aliphatic rings. The second-order valence-corrected chi connectivity index (χ2v) is 9.56. The van der Waals surface area contributed by atoms with E-state index < -0.39 is 17.7 Å². The van der Waals surface area contributed by atoms with Crippen LogP contribution in [0.4, 0.5) is 15.8 Å². The van der Waals surface area contributed by atoms with Gasteiger partial charge in [-0.05, 0) is 56.3 Å². The molecule has 1 aromatic carbocycles. The SMILES string of the molecule is CC(C)(O)C(F)CNC(=O)c1cnc(-c2ccc3cc(C#N)cnn23)cc1Nc1ccc2c(C#N)c[nH]c2c1. The molecule has 4 aromatic heterocycles. The average Bonchev–Trinajstić information content (AvgIpc) is 3.54. The van der Waals surface area contributed by atoms with Crippen molar-refractivity contribution < 1.29 is 14.3 Å². The van der Waals surface area contributed by atoms with Crippen LogP contribution in [0.2, 0.25) is 0 Å². The minimum Gasteiger partial charge on any atom is -0.387 e. The molecule has 5 aromatic rings. The molecule has 0 radical (unpaired) electrons. The third kappa shape index (κ3) is 4.99. The molecule has 0 bridgehead atoms. The highest BCUT2D eigenvalue weighted by Gasteiger charge is 2.27. The van der Waals surface area contributed by atoms with Gasteiger partial charge in [0, 0.05) is 29.0 Å². The van der Waals surface area contributed by atoms with Gasteiger partial charge in [0.15, 0.2) is 0 Å². The molecule has 0 spiro atoms. The molecule has 11 heteroatoms. The maximum absolute atomic E-state index is 14.3. The number of nitrogens with zero attached hydrogens (tertiary/aromatic N) is 5. The molecule has 194 valence electrons. The Kier molecular flexibility index (Phi) is 6.44. The number of nitrogens with one attached hydrogen (secondary N) is 3. The van der Waals surface area contributed by atoms with Gasteiger partial charge in [0.25, 0.3) is 5.91 Å². The van der Waals surface area contributed by atoms with Crippen molar-refractivity contribution in [3.8, 4) is 23.5 Å². The number of pyridine rings is 1. The maximum atomic E-state index is 14.3. The minimum atomic E-state index is -1.67. The number of nitriles is 2. The summed E-state index contributed by atoms with van der Waals surface area (Å²) >= 11 is 0. The zero-order chi connectivity index (χ0) is 27.7. The highest BCUT2D eigenvalue weighted by Crippen LogP contribution is 2.29. The number of rotatable bonds is 7. The number of halogens is 1. The number of anilines is 2. The lowest BCUT2D eigenvalue weighted by Gasteiger charge is -2.22. The van der Waals surface area contributed by atoms with Gasteiger partial charge in [0.2, 0.25) is 0 Å². The number of aromatic amines is 1. The number of aromatic nitrogens is 4. The quantitative estimate of drug-likeness (QED) is 0.250. The lowest BCUT2D eigenvalue weighted by Crippen LogP contribution is -2.42. The van der Waals surface area contributed by atoms with E-state index in [1.54, 1.807) is 41.0 Å². The van der Waals surface area contributed by atoms with E-state index in [1.807, 2.05) is 12.1 Å². The number of aliphatic hydroxyl groups is 1. The van der Waals surface area contributed by atoms with Crippen molar-refractivity contribution >= 4 is 33.7 Å². The Morgan fingerprint density at radius 2 is 2.00 bits per heavy atom. The van der Waals surface area contributed by atoms with Crippen LogP contribution in [0.3, 0.4) is 0 Å². The van der Waals surface area contributed by atoms with Crippen LogP contribution in [-0.2, 0) is 0 Å². The van der Waals surface area contributed by atoms with Gasteiger partial charge in [0.1, 0.15) is 18.3 Å². The monoisotopic (exact) mass is 522 g/mol. The smallest absolute Gasteiger partial charge is 0.255 e. The topological polar surface area (TPSA) is 155 Å². The van der Waals surface area contributed by atoms with Crippen molar-refractivity contribution in [2.24, 2.45) is 0 Å². The molecular weight excluding hydrogens is 499 g/mol. The van der Waals surface area contributed by atoms with Crippen LogP contribution in [0.15, 0.2) is 61.1 Å². The molecule has 0 aliphatic heterocycles. The molecule has 1 amide bonds. The first-order chi connectivity index (χ1) is 18.7. The number of H-pyrrole nitrogens is 1. The van der Waals surface area contributed by atoms with E-state index >= 15 is 0 Å². The van der Waals surface area contributed by atoms with Crippen molar-refractivity contribution in [1.29, 1.82) is 10.5 Å². The van der Waals surface area contributed by atoms with E-state index in [0.717, 1.165) is 10.9 Å². The number of carbonyl (C=O) groups excluding carboxylic acids is 1. The second kappa shape index (κ2) is 9.89. The Labute approximate surface area is 222 Å². The fourth-order valence-electron chi connectivity index (χ4n) is 4.11. The van der Waals surface area contributed by atoms with Gasteiger partial charge in [-0.1, -0.05) is 0 Å². The van der Waals surface area contributed by atoms with E-state index in [9.17, 15) is 24.8 Å². The maximum Gasteiger partial charge on any atom is 0.255 e. The van der Waals surface area contributed by atoms with Gasteiger partial charge < -0.3 is 20.7 Å². The molecular formula is C28H23FN8O2. The van der Waals surface area contributed by atoms with Crippen LogP contribution in [0.1, 0.15) is 35.3 Å². The number of amides is 1. The highest BCUT2D eigenvalue weighted by atomic mass is 19.1. The van der Waals surface area contributed by atoms with Crippen molar-refractivity contribution in [3.05, 3.63) is 77.7 Å². The highest BCUT2D eigenvalue weighted by molar-refractivity contribution is 6.01. The number of hydrogen-bond donors (Lipinski definition) is 4. The predicted molar refractivity (Wildman–Crippen MR) is 143 cm³/mol. The van der Waals surface area contributed by atoms with Crippen molar-refractivity contribution in [2.45, 2.75) is 25.6 Å². The van der Waals surface area contributed by atoms with Crippen molar-refractivity contribution in [3.63, 3.8) is 0 Å². The number of fused-ring (bicyclic) bond motifs is 2. The Hall–Kier alpha value is -5.26. The van der Waals surface area contributed by atoms with E-state index in [4.69, 9.17) is 0 Å². The molecule has 0 aliphatic carbocycles. The molecule has 0 fully saturated rings. The van der Waals surface area contributed by atoms with Gasteiger partial charge >= 0.3 is 0 Å². The summed E-state index contributed by atoms with van der Waals surface area (Å²) in [7, 11) is 0. The average molecular weight is 523 g/mol. The van der Waals surface area contributed by atoms with E-state index in [0.29, 0.717) is 39.4 Å². The summed E-state index contributed by atoms with van der Waals surface area (Å²) in [5.41, 5.74) is 3.08. The molecule has 4 heterocycles. The summed E-state index contributed by atoms with van der Waals surface area (Å²) < 4.78 is 16.0. The zero-order valence-corrected chi connectivity index (χ0v) is 21.0. The number of hydrogen-bond acceptors (Lipinski definition) is 7. The second-order valence-electron chi connectivity index (χ2n) is 9.56. The van der Waals surface area contributed by atoms with Gasteiger partial charge in [-0.25, -0.2) is 8.91 Å². The van der Waals surface area contributed by atoms with E-state index in [1.165, 1.54) is 26.2 Å². The summed E-state index contributed by atoms with van der Waals surface area (Å²) in [6.45, 7) is 2.28. The van der Waals surface area contributed by atoms with E-state index in [2.05, 4.69) is 37.8 Å². The van der Waals surface area contributed by atoms with Crippen LogP contribution in [0.5, 0.6) is 0 Å². The standard InChI is InChI=1S/C28H23FN8O2/c1-28(2,39)26(29)15-34-27(38)21-14-33-24(25-6-4-19-7-16(10-30)12-35-37(19)25)9-23(21)36-18-3-5-20-17(11-31)13-32-22(20)8-18/h3-9,12-14,26,32,39H,15H2,1-2H3,(H,33,36)(H,34,38). The third-order valence-electron chi connectivity index (χ3n) is 6.33. The molecule has 10 nitrogen and oxygen atoms in total. The zero-order valence-electron chi connectivity index (χ0n) is 21.0. The first-order valence-electron chi connectivity index (χ1n) is 12.0.